The lowest BCUT2D eigenvalue weighted by molar-refractivity contribution is -0.149. The minimum atomic E-state index is -1.10. The van der Waals surface area contributed by atoms with Gasteiger partial charge in [0.2, 0.25) is 5.56 Å². The molecule has 1 atom stereocenters. The number of H-pyrrole nitrogens is 1. The zero-order valence-corrected chi connectivity index (χ0v) is 18.3. The van der Waals surface area contributed by atoms with E-state index in [1.165, 1.54) is 18.2 Å². The molecule has 2 aromatic carbocycles. The molecule has 1 unspecified atom stereocenters. The van der Waals surface area contributed by atoms with Crippen molar-refractivity contribution in [2.24, 2.45) is 0 Å². The second kappa shape index (κ2) is 10.7. The molecule has 3 aromatic rings. The normalized spacial score (nSPS) is 11.7. The van der Waals surface area contributed by atoms with Crippen LogP contribution in [-0.2, 0) is 20.7 Å². The average Bonchev–Trinajstić information content (AvgIpc) is 2.77. The van der Waals surface area contributed by atoms with E-state index in [1.54, 1.807) is 24.3 Å². The third-order valence-corrected chi connectivity index (χ3v) is 5.11. The lowest BCUT2D eigenvalue weighted by Crippen LogP contribution is -2.44. The van der Waals surface area contributed by atoms with Gasteiger partial charge in [0, 0.05) is 40.4 Å². The molecule has 0 aliphatic rings. The first-order valence-corrected chi connectivity index (χ1v) is 10.6. The van der Waals surface area contributed by atoms with E-state index in [9.17, 15) is 19.2 Å². The Morgan fingerprint density at radius 3 is 2.53 bits per heavy atom. The molecular formula is C24H23ClN2O5. The fourth-order valence-corrected chi connectivity index (χ4v) is 3.43. The number of pyridine rings is 1. The molecule has 7 nitrogen and oxygen atoms in total. The lowest BCUT2D eigenvalue weighted by atomic mass is 10.0. The third-order valence-electron chi connectivity index (χ3n) is 4.86. The van der Waals surface area contributed by atoms with E-state index in [0.717, 1.165) is 5.39 Å². The van der Waals surface area contributed by atoms with Crippen molar-refractivity contribution in [3.8, 4) is 0 Å². The number of ketones is 1. The van der Waals surface area contributed by atoms with Crippen LogP contribution < -0.4 is 10.9 Å². The number of benzene rings is 2. The number of aromatic amines is 1. The number of rotatable bonds is 9. The average molecular weight is 455 g/mol. The second-order valence-corrected chi connectivity index (χ2v) is 7.77. The van der Waals surface area contributed by atoms with Crippen LogP contribution in [-0.4, -0.2) is 35.3 Å². The number of hydrogen-bond acceptors (Lipinski definition) is 5. The van der Waals surface area contributed by atoms with Crippen molar-refractivity contribution >= 4 is 40.2 Å². The molecule has 1 heterocycles. The molecule has 0 spiro atoms. The van der Waals surface area contributed by atoms with Crippen molar-refractivity contribution in [2.75, 3.05) is 6.61 Å². The largest absolute Gasteiger partial charge is 0.456 e. The van der Waals surface area contributed by atoms with E-state index in [2.05, 4.69) is 10.3 Å². The van der Waals surface area contributed by atoms with Crippen LogP contribution in [0.15, 0.2) is 59.4 Å². The van der Waals surface area contributed by atoms with Gasteiger partial charge in [0.25, 0.3) is 5.91 Å². The molecule has 32 heavy (non-hydrogen) atoms. The highest BCUT2D eigenvalue weighted by Crippen LogP contribution is 2.17. The van der Waals surface area contributed by atoms with Gasteiger partial charge in [-0.05, 0) is 42.3 Å². The number of fused-ring (bicyclic) bond motifs is 1. The quantitative estimate of drug-likeness (QED) is 0.482. The molecule has 0 radical (unpaired) electrons. The van der Waals surface area contributed by atoms with E-state index in [1.807, 2.05) is 19.1 Å². The summed E-state index contributed by atoms with van der Waals surface area (Å²) >= 11 is 5.88. The number of esters is 1. The maximum absolute atomic E-state index is 12.8. The number of Topliss-reactive ketones (excluding diaryl/α,β-unsaturated/α-hetero) is 1. The summed E-state index contributed by atoms with van der Waals surface area (Å²) in [7, 11) is 0. The molecule has 0 saturated heterocycles. The molecular weight excluding hydrogens is 432 g/mol. The van der Waals surface area contributed by atoms with Gasteiger partial charge in [-0.1, -0.05) is 36.7 Å². The number of para-hydroxylation sites is 1. The summed E-state index contributed by atoms with van der Waals surface area (Å²) in [6, 6.07) is 13.7. The molecule has 2 N–H and O–H groups in total. The molecule has 0 bridgehead atoms. The Morgan fingerprint density at radius 2 is 1.81 bits per heavy atom. The van der Waals surface area contributed by atoms with Crippen LogP contribution in [0.2, 0.25) is 5.02 Å². The summed E-state index contributed by atoms with van der Waals surface area (Å²) in [6.07, 6.45) is 0.963. The Bertz CT molecular complexity index is 1190. The van der Waals surface area contributed by atoms with Crippen molar-refractivity contribution in [1.29, 1.82) is 0 Å². The van der Waals surface area contributed by atoms with Gasteiger partial charge in [0.15, 0.2) is 5.78 Å². The first-order chi connectivity index (χ1) is 15.4. The zero-order valence-electron chi connectivity index (χ0n) is 17.5. The van der Waals surface area contributed by atoms with Crippen LogP contribution in [0.4, 0.5) is 0 Å². The molecule has 1 amide bonds. The zero-order chi connectivity index (χ0) is 23.1. The summed E-state index contributed by atoms with van der Waals surface area (Å²) in [5.41, 5.74) is 1.17. The molecule has 8 heteroatoms. The number of aromatic nitrogens is 1. The summed E-state index contributed by atoms with van der Waals surface area (Å²) in [4.78, 5) is 52.2. The van der Waals surface area contributed by atoms with Gasteiger partial charge in [-0.3, -0.25) is 14.4 Å². The van der Waals surface area contributed by atoms with Crippen LogP contribution in [0.5, 0.6) is 0 Å². The van der Waals surface area contributed by atoms with Crippen molar-refractivity contribution in [3.63, 3.8) is 0 Å². The number of hydrogen-bond donors (Lipinski definition) is 2. The van der Waals surface area contributed by atoms with Gasteiger partial charge >= 0.3 is 5.97 Å². The highest BCUT2D eigenvalue weighted by Gasteiger charge is 2.25. The van der Waals surface area contributed by atoms with Crippen molar-refractivity contribution in [3.05, 3.63) is 81.1 Å². The van der Waals surface area contributed by atoms with E-state index in [4.69, 9.17) is 16.3 Å². The molecule has 0 fully saturated rings. The summed E-state index contributed by atoms with van der Waals surface area (Å²) < 4.78 is 5.18. The van der Waals surface area contributed by atoms with E-state index < -0.39 is 17.9 Å². The predicted octanol–water partition coefficient (Wildman–Crippen LogP) is 3.44. The maximum atomic E-state index is 12.8. The van der Waals surface area contributed by atoms with Crippen LogP contribution in [0.1, 0.15) is 35.7 Å². The molecule has 1 aromatic heterocycles. The third kappa shape index (κ3) is 6.04. The Morgan fingerprint density at radius 1 is 1.09 bits per heavy atom. The lowest BCUT2D eigenvalue weighted by Gasteiger charge is -2.18. The Hall–Kier alpha value is -3.45. The smallest absolute Gasteiger partial charge is 0.329 e. The highest BCUT2D eigenvalue weighted by atomic mass is 35.5. The van der Waals surface area contributed by atoms with Crippen LogP contribution >= 0.6 is 11.6 Å². The molecule has 0 saturated carbocycles. The Kier molecular flexibility index (Phi) is 7.78. The Balaban J connectivity index is 1.87. The fourth-order valence-electron chi connectivity index (χ4n) is 3.31. The van der Waals surface area contributed by atoms with Gasteiger partial charge in [-0.15, -0.1) is 0 Å². The van der Waals surface area contributed by atoms with Crippen molar-refractivity contribution in [1.82, 2.24) is 10.3 Å². The van der Waals surface area contributed by atoms with Gasteiger partial charge in [-0.25, -0.2) is 4.79 Å². The minimum absolute atomic E-state index is 0.0184. The van der Waals surface area contributed by atoms with Crippen molar-refractivity contribution < 1.29 is 19.1 Å². The number of amides is 1. The first-order valence-electron chi connectivity index (χ1n) is 10.2. The van der Waals surface area contributed by atoms with Crippen LogP contribution in [0.25, 0.3) is 10.9 Å². The van der Waals surface area contributed by atoms with Gasteiger partial charge in [-0.2, -0.15) is 0 Å². The van der Waals surface area contributed by atoms with Gasteiger partial charge in [0.05, 0.1) is 0 Å². The van der Waals surface area contributed by atoms with E-state index >= 15 is 0 Å². The number of halogens is 1. The molecule has 3 rings (SSSR count). The maximum Gasteiger partial charge on any atom is 0.329 e. The summed E-state index contributed by atoms with van der Waals surface area (Å²) in [5.74, 6) is -1.45. The first kappa shape index (κ1) is 23.2. The predicted molar refractivity (Wildman–Crippen MR) is 122 cm³/mol. The fraction of sp³-hybridized carbons (Fsp3) is 0.250. The highest BCUT2D eigenvalue weighted by molar-refractivity contribution is 6.30. The number of nitrogens with one attached hydrogen (secondary N) is 2. The van der Waals surface area contributed by atoms with Crippen LogP contribution in [0, 0.1) is 0 Å². The van der Waals surface area contributed by atoms with Crippen LogP contribution in [0.3, 0.4) is 0 Å². The van der Waals surface area contributed by atoms with Crippen molar-refractivity contribution in [2.45, 2.75) is 32.2 Å². The molecule has 0 aliphatic carbocycles. The number of carbonyl (C=O) groups is 3. The SMILES string of the molecule is CCCC(=O)COC(=O)C(Cc1cc(=O)[nH]c2ccccc12)NC(=O)c1ccc(Cl)cc1. The minimum Gasteiger partial charge on any atom is -0.456 e. The Labute approximate surface area is 189 Å². The topological polar surface area (TPSA) is 105 Å². The van der Waals surface area contributed by atoms with Gasteiger partial charge in [0.1, 0.15) is 12.6 Å². The summed E-state index contributed by atoms with van der Waals surface area (Å²) in [5, 5.41) is 3.88. The molecule has 0 aliphatic heterocycles. The van der Waals surface area contributed by atoms with E-state index in [0.29, 0.717) is 34.5 Å². The standard InChI is InChI=1S/C24H23ClN2O5/c1-2-5-18(28)14-32-24(31)21(27-23(30)15-8-10-17(25)11-9-15)12-16-13-22(29)26-20-7-4-3-6-19(16)20/h3-4,6-11,13,21H,2,5,12,14H2,1H3,(H,26,29)(H,27,30). The molecule has 166 valence electrons. The second-order valence-electron chi connectivity index (χ2n) is 7.34. The number of ether oxygens (including phenoxy) is 1. The number of carbonyl (C=O) groups excluding carboxylic acids is 3. The van der Waals surface area contributed by atoms with E-state index in [-0.39, 0.29) is 24.4 Å². The monoisotopic (exact) mass is 454 g/mol. The summed E-state index contributed by atoms with van der Waals surface area (Å²) in [6.45, 7) is 1.49. The van der Waals surface area contributed by atoms with Gasteiger partial charge < -0.3 is 15.0 Å².